The van der Waals surface area contributed by atoms with Crippen LogP contribution in [-0.2, 0) is 6.42 Å². The van der Waals surface area contributed by atoms with Crippen LogP contribution in [0.5, 0.6) is 0 Å². The van der Waals surface area contributed by atoms with Gasteiger partial charge in [0.05, 0.1) is 0 Å². The first-order chi connectivity index (χ1) is 7.49. The van der Waals surface area contributed by atoms with Gasteiger partial charge in [-0.15, -0.1) is 0 Å². The summed E-state index contributed by atoms with van der Waals surface area (Å²) in [7, 11) is 0. The third-order valence-electron chi connectivity index (χ3n) is 3.41. The van der Waals surface area contributed by atoms with Gasteiger partial charge in [-0.05, 0) is 36.0 Å². The van der Waals surface area contributed by atoms with Gasteiger partial charge >= 0.3 is 0 Å². The Kier molecular flexibility index (Phi) is 4.78. The number of hydrazine groups is 1. The Morgan fingerprint density at radius 2 is 1.88 bits per heavy atom. The van der Waals surface area contributed by atoms with Crippen molar-refractivity contribution in [3.8, 4) is 0 Å². The fourth-order valence-electron chi connectivity index (χ4n) is 1.66. The van der Waals surface area contributed by atoms with Gasteiger partial charge in [-0.25, -0.2) is 0 Å². The number of halogens is 1. The monoisotopic (exact) mass is 240 g/mol. The lowest BCUT2D eigenvalue weighted by Crippen LogP contribution is -2.46. The molecule has 1 unspecified atom stereocenters. The highest BCUT2D eigenvalue weighted by Crippen LogP contribution is 2.27. The molecule has 1 aromatic rings. The van der Waals surface area contributed by atoms with Gasteiger partial charge < -0.3 is 0 Å². The molecule has 0 radical (unpaired) electrons. The molecule has 1 atom stereocenters. The second-order valence-corrected chi connectivity index (χ2v) is 5.33. The van der Waals surface area contributed by atoms with Gasteiger partial charge in [0.15, 0.2) is 0 Å². The molecule has 3 heteroatoms. The summed E-state index contributed by atoms with van der Waals surface area (Å²) in [6, 6.07) is 8.22. The van der Waals surface area contributed by atoms with Crippen LogP contribution >= 0.6 is 11.6 Å². The molecule has 0 aromatic heterocycles. The highest BCUT2D eigenvalue weighted by Gasteiger charge is 2.26. The number of nitrogens with two attached hydrogens (primary N) is 1. The summed E-state index contributed by atoms with van der Waals surface area (Å²) in [6.07, 6.45) is 2.02. The summed E-state index contributed by atoms with van der Waals surface area (Å²) in [6.45, 7) is 6.65. The minimum Gasteiger partial charge on any atom is -0.271 e. The molecule has 0 fully saturated rings. The molecule has 0 saturated carbocycles. The van der Waals surface area contributed by atoms with E-state index in [0.29, 0.717) is 0 Å². The molecule has 0 aliphatic heterocycles. The van der Waals surface area contributed by atoms with E-state index >= 15 is 0 Å². The Morgan fingerprint density at radius 3 is 2.31 bits per heavy atom. The van der Waals surface area contributed by atoms with E-state index in [-0.39, 0.29) is 11.5 Å². The third kappa shape index (κ3) is 3.48. The Balaban J connectivity index is 2.74. The fraction of sp³-hybridized carbons (Fsp3) is 0.538. The van der Waals surface area contributed by atoms with E-state index in [0.717, 1.165) is 17.9 Å². The summed E-state index contributed by atoms with van der Waals surface area (Å²) in [5, 5.41) is 0.774. The maximum Gasteiger partial charge on any atom is 0.0406 e. The Labute approximate surface area is 103 Å². The normalized spacial score (nSPS) is 13.8. The second-order valence-electron chi connectivity index (χ2n) is 4.89. The molecule has 0 aliphatic rings. The Bertz CT molecular complexity index is 319. The summed E-state index contributed by atoms with van der Waals surface area (Å²) in [5.74, 6) is 5.64. The molecule has 16 heavy (non-hydrogen) atoms. The minimum absolute atomic E-state index is 0.189. The van der Waals surface area contributed by atoms with Crippen LogP contribution in [0.4, 0.5) is 0 Å². The molecular formula is C13H21ClN2. The van der Waals surface area contributed by atoms with Crippen molar-refractivity contribution in [3.63, 3.8) is 0 Å². The molecule has 1 aromatic carbocycles. The van der Waals surface area contributed by atoms with Crippen molar-refractivity contribution in [1.29, 1.82) is 0 Å². The van der Waals surface area contributed by atoms with Crippen molar-refractivity contribution >= 4 is 11.6 Å². The van der Waals surface area contributed by atoms with Gasteiger partial charge in [0.25, 0.3) is 0 Å². The van der Waals surface area contributed by atoms with Gasteiger partial charge in [-0.3, -0.25) is 11.3 Å². The average Bonchev–Trinajstić information content (AvgIpc) is 2.28. The number of benzene rings is 1. The number of rotatable bonds is 5. The van der Waals surface area contributed by atoms with Gasteiger partial charge in [-0.2, -0.15) is 0 Å². The summed E-state index contributed by atoms with van der Waals surface area (Å²) >= 11 is 5.86. The van der Waals surface area contributed by atoms with E-state index in [1.807, 2.05) is 12.1 Å². The zero-order chi connectivity index (χ0) is 12.2. The number of hydrogen-bond acceptors (Lipinski definition) is 2. The van der Waals surface area contributed by atoms with Crippen LogP contribution in [0.2, 0.25) is 5.02 Å². The second kappa shape index (κ2) is 5.67. The van der Waals surface area contributed by atoms with Crippen molar-refractivity contribution in [1.82, 2.24) is 5.43 Å². The zero-order valence-electron chi connectivity index (χ0n) is 10.3. The van der Waals surface area contributed by atoms with E-state index in [4.69, 9.17) is 17.4 Å². The molecule has 90 valence electrons. The molecule has 0 amide bonds. The van der Waals surface area contributed by atoms with Crippen molar-refractivity contribution < 1.29 is 0 Å². The summed E-state index contributed by atoms with van der Waals surface area (Å²) in [5.41, 5.74) is 4.37. The number of nitrogens with one attached hydrogen (secondary N) is 1. The molecule has 0 heterocycles. The zero-order valence-corrected chi connectivity index (χ0v) is 11.0. The first-order valence-electron chi connectivity index (χ1n) is 5.70. The maximum atomic E-state index is 5.86. The minimum atomic E-state index is 0.189. The van der Waals surface area contributed by atoms with Crippen LogP contribution in [0.15, 0.2) is 24.3 Å². The predicted octanol–water partition coefficient (Wildman–Crippen LogP) is 3.15. The lowest BCUT2D eigenvalue weighted by Gasteiger charge is -2.33. The van der Waals surface area contributed by atoms with Crippen LogP contribution in [0.3, 0.4) is 0 Å². The van der Waals surface area contributed by atoms with Gasteiger partial charge in [0.1, 0.15) is 0 Å². The fourth-order valence-corrected chi connectivity index (χ4v) is 1.79. The van der Waals surface area contributed by atoms with E-state index in [1.165, 1.54) is 5.56 Å². The molecule has 3 N–H and O–H groups in total. The largest absolute Gasteiger partial charge is 0.271 e. The van der Waals surface area contributed by atoms with Crippen LogP contribution in [0, 0.1) is 5.41 Å². The van der Waals surface area contributed by atoms with Crippen molar-refractivity contribution in [2.45, 2.75) is 39.7 Å². The average molecular weight is 241 g/mol. The smallest absolute Gasteiger partial charge is 0.0406 e. The molecule has 0 saturated heterocycles. The molecule has 2 nitrogen and oxygen atoms in total. The van der Waals surface area contributed by atoms with Gasteiger partial charge in [0.2, 0.25) is 0 Å². The van der Waals surface area contributed by atoms with Crippen LogP contribution in [0.1, 0.15) is 32.8 Å². The standard InChI is InChI=1S/C13H21ClN2/c1-4-13(2,3)12(16-15)9-10-5-7-11(14)8-6-10/h5-8,12,16H,4,9,15H2,1-3H3. The molecule has 0 spiro atoms. The Hall–Kier alpha value is -0.570. The van der Waals surface area contributed by atoms with Crippen LogP contribution in [0.25, 0.3) is 0 Å². The van der Waals surface area contributed by atoms with E-state index < -0.39 is 0 Å². The van der Waals surface area contributed by atoms with Crippen LogP contribution < -0.4 is 11.3 Å². The molecule has 0 aliphatic carbocycles. The third-order valence-corrected chi connectivity index (χ3v) is 3.66. The quantitative estimate of drug-likeness (QED) is 0.613. The molecule has 1 rings (SSSR count). The first kappa shape index (κ1) is 13.5. The van der Waals surface area contributed by atoms with Crippen molar-refractivity contribution in [2.24, 2.45) is 11.3 Å². The van der Waals surface area contributed by atoms with Crippen molar-refractivity contribution in [2.75, 3.05) is 0 Å². The topological polar surface area (TPSA) is 38.0 Å². The van der Waals surface area contributed by atoms with E-state index in [1.54, 1.807) is 0 Å². The number of hydrogen-bond donors (Lipinski definition) is 2. The maximum absolute atomic E-state index is 5.86. The lowest BCUT2D eigenvalue weighted by atomic mass is 9.79. The molecular weight excluding hydrogens is 220 g/mol. The van der Waals surface area contributed by atoms with Crippen molar-refractivity contribution in [3.05, 3.63) is 34.9 Å². The van der Waals surface area contributed by atoms with E-state index in [2.05, 4.69) is 38.3 Å². The van der Waals surface area contributed by atoms with Gasteiger partial charge in [0, 0.05) is 11.1 Å². The highest BCUT2D eigenvalue weighted by atomic mass is 35.5. The Morgan fingerprint density at radius 1 is 1.31 bits per heavy atom. The summed E-state index contributed by atoms with van der Waals surface area (Å²) in [4.78, 5) is 0. The van der Waals surface area contributed by atoms with E-state index in [9.17, 15) is 0 Å². The van der Waals surface area contributed by atoms with Crippen LogP contribution in [-0.4, -0.2) is 6.04 Å². The predicted molar refractivity (Wildman–Crippen MR) is 70.3 cm³/mol. The summed E-state index contributed by atoms with van der Waals surface area (Å²) < 4.78 is 0. The van der Waals surface area contributed by atoms with Gasteiger partial charge in [-0.1, -0.05) is 44.5 Å². The first-order valence-corrected chi connectivity index (χ1v) is 6.08. The SMILES string of the molecule is CCC(C)(C)C(Cc1ccc(Cl)cc1)NN. The molecule has 0 bridgehead atoms. The lowest BCUT2D eigenvalue weighted by molar-refractivity contribution is 0.231. The highest BCUT2D eigenvalue weighted by molar-refractivity contribution is 6.30.